The molecule has 2 aliphatic rings. The molecule has 1 aliphatic heterocycles. The van der Waals surface area contributed by atoms with Crippen LogP contribution in [0, 0.1) is 5.92 Å². The van der Waals surface area contributed by atoms with Crippen LogP contribution in [-0.2, 0) is 28.9 Å². The summed E-state index contributed by atoms with van der Waals surface area (Å²) in [6.45, 7) is 5.23. The molecule has 0 saturated carbocycles. The monoisotopic (exact) mass is 364 g/mol. The summed E-state index contributed by atoms with van der Waals surface area (Å²) in [5, 5.41) is 1.20. The van der Waals surface area contributed by atoms with E-state index < -0.39 is 0 Å². The van der Waals surface area contributed by atoms with Gasteiger partial charge in [0.05, 0.1) is 12.0 Å². The van der Waals surface area contributed by atoms with E-state index in [2.05, 4.69) is 6.92 Å². The minimum atomic E-state index is -0.248. The second kappa shape index (κ2) is 6.19. The molecule has 2 aromatic heterocycles. The van der Waals surface area contributed by atoms with Gasteiger partial charge in [0, 0.05) is 17.8 Å². The van der Waals surface area contributed by atoms with Crippen molar-refractivity contribution in [1.82, 2.24) is 9.55 Å². The number of carbonyl (C=O) groups excluding carboxylic acids is 1. The first kappa shape index (κ1) is 16.1. The van der Waals surface area contributed by atoms with Crippen LogP contribution in [0.4, 0.5) is 0 Å². The molecular weight excluding hydrogens is 344 g/mol. The number of esters is 1. The molecular formula is C17H20N2O3S2. The number of hydrogen-bond acceptors (Lipinski definition) is 6. The van der Waals surface area contributed by atoms with E-state index in [4.69, 9.17) is 9.72 Å². The van der Waals surface area contributed by atoms with Gasteiger partial charge in [-0.1, -0.05) is 18.7 Å². The first-order valence-electron chi connectivity index (χ1n) is 8.46. The smallest absolute Gasteiger partial charge is 0.319 e. The standard InChI is InChI=1S/C17H20N2O3S2/c1-3-19-15(20)13-10-5-4-9(2)8-12(10)23-14(13)18-17(19)24-11-6-7-22-16(11)21/h9,11H,3-8H2,1-2H3/t9-,11+/m0/s1. The minimum absolute atomic E-state index is 0.0448. The van der Waals surface area contributed by atoms with Crippen molar-refractivity contribution in [2.24, 2.45) is 5.92 Å². The molecule has 1 saturated heterocycles. The molecule has 0 N–H and O–H groups in total. The van der Waals surface area contributed by atoms with Crippen LogP contribution < -0.4 is 5.56 Å². The zero-order valence-electron chi connectivity index (χ0n) is 13.8. The van der Waals surface area contributed by atoms with E-state index in [0.717, 1.165) is 29.5 Å². The van der Waals surface area contributed by atoms with Crippen LogP contribution in [0.2, 0.25) is 0 Å². The lowest BCUT2D eigenvalue weighted by Crippen LogP contribution is -2.24. The number of ether oxygens (including phenoxy) is 1. The molecule has 0 aromatic carbocycles. The molecule has 24 heavy (non-hydrogen) atoms. The first-order valence-corrected chi connectivity index (χ1v) is 10.2. The lowest BCUT2D eigenvalue weighted by atomic mass is 9.89. The zero-order valence-corrected chi connectivity index (χ0v) is 15.5. The second-order valence-electron chi connectivity index (χ2n) is 6.54. The number of carbonyl (C=O) groups is 1. The summed E-state index contributed by atoms with van der Waals surface area (Å²) in [4.78, 5) is 31.7. The van der Waals surface area contributed by atoms with Crippen molar-refractivity contribution in [3.8, 4) is 0 Å². The van der Waals surface area contributed by atoms with Crippen LogP contribution >= 0.6 is 23.1 Å². The highest BCUT2D eigenvalue weighted by molar-refractivity contribution is 8.00. The summed E-state index contributed by atoms with van der Waals surface area (Å²) in [6, 6.07) is 0. The van der Waals surface area contributed by atoms with Gasteiger partial charge in [-0.15, -0.1) is 11.3 Å². The number of cyclic esters (lactones) is 1. The third-order valence-corrected chi connectivity index (χ3v) is 7.21. The van der Waals surface area contributed by atoms with E-state index in [-0.39, 0.29) is 16.8 Å². The fraction of sp³-hybridized carbons (Fsp3) is 0.588. The van der Waals surface area contributed by atoms with E-state index in [9.17, 15) is 9.59 Å². The van der Waals surface area contributed by atoms with Crippen molar-refractivity contribution < 1.29 is 9.53 Å². The molecule has 2 atom stereocenters. The highest BCUT2D eigenvalue weighted by Gasteiger charge is 2.30. The zero-order chi connectivity index (χ0) is 16.8. The Balaban J connectivity index is 1.83. The van der Waals surface area contributed by atoms with E-state index in [1.54, 1.807) is 15.9 Å². The third-order valence-electron chi connectivity index (χ3n) is 4.83. The van der Waals surface area contributed by atoms with E-state index in [0.29, 0.717) is 30.6 Å². The molecule has 1 fully saturated rings. The Morgan fingerprint density at radius 1 is 1.38 bits per heavy atom. The fourth-order valence-corrected chi connectivity index (χ4v) is 6.03. The molecule has 0 amide bonds. The number of aryl methyl sites for hydroxylation is 1. The van der Waals surface area contributed by atoms with Gasteiger partial charge < -0.3 is 4.74 Å². The minimum Gasteiger partial charge on any atom is -0.465 e. The normalized spacial score (nSPS) is 23.5. The number of thiophene rings is 1. The topological polar surface area (TPSA) is 61.2 Å². The molecule has 3 heterocycles. The van der Waals surface area contributed by atoms with E-state index >= 15 is 0 Å². The molecule has 7 heteroatoms. The Morgan fingerprint density at radius 2 is 2.21 bits per heavy atom. The molecule has 2 aromatic rings. The molecule has 0 spiro atoms. The van der Waals surface area contributed by atoms with Crippen molar-refractivity contribution in [2.45, 2.75) is 56.5 Å². The highest BCUT2D eigenvalue weighted by Crippen LogP contribution is 2.37. The van der Waals surface area contributed by atoms with Crippen LogP contribution in [0.5, 0.6) is 0 Å². The number of nitrogens with zero attached hydrogens (tertiary/aromatic N) is 2. The first-order chi connectivity index (χ1) is 11.6. The van der Waals surface area contributed by atoms with Crippen LogP contribution in [0.15, 0.2) is 9.95 Å². The van der Waals surface area contributed by atoms with Crippen LogP contribution in [0.3, 0.4) is 0 Å². The van der Waals surface area contributed by atoms with E-state index in [1.165, 1.54) is 22.2 Å². The number of fused-ring (bicyclic) bond motifs is 3. The third kappa shape index (κ3) is 2.58. The fourth-order valence-electron chi connectivity index (χ4n) is 3.49. The van der Waals surface area contributed by atoms with Crippen molar-refractivity contribution in [1.29, 1.82) is 0 Å². The van der Waals surface area contributed by atoms with Crippen molar-refractivity contribution >= 4 is 39.3 Å². The number of aromatic nitrogens is 2. The molecule has 0 bridgehead atoms. The lowest BCUT2D eigenvalue weighted by Gasteiger charge is -2.17. The predicted molar refractivity (Wildman–Crippen MR) is 96.0 cm³/mol. The molecule has 1 aliphatic carbocycles. The van der Waals surface area contributed by atoms with Crippen LogP contribution in [0.1, 0.15) is 37.1 Å². The Kier molecular flexibility index (Phi) is 4.16. The van der Waals surface area contributed by atoms with Crippen molar-refractivity contribution in [2.75, 3.05) is 6.61 Å². The van der Waals surface area contributed by atoms with Crippen LogP contribution in [0.25, 0.3) is 10.2 Å². The molecule has 0 unspecified atom stereocenters. The number of thioether (sulfide) groups is 1. The molecule has 128 valence electrons. The SMILES string of the molecule is CCn1c(S[C@@H]2CCOC2=O)nc2sc3c(c2c1=O)CC[C@H](C)C3. The number of hydrogen-bond donors (Lipinski definition) is 0. The van der Waals surface area contributed by atoms with Gasteiger partial charge in [0.15, 0.2) is 5.16 Å². The Morgan fingerprint density at radius 3 is 2.92 bits per heavy atom. The van der Waals surface area contributed by atoms with Gasteiger partial charge >= 0.3 is 5.97 Å². The van der Waals surface area contributed by atoms with Gasteiger partial charge in [0.25, 0.3) is 5.56 Å². The average molecular weight is 364 g/mol. The maximum absolute atomic E-state index is 13.1. The largest absolute Gasteiger partial charge is 0.465 e. The second-order valence-corrected chi connectivity index (χ2v) is 8.79. The van der Waals surface area contributed by atoms with Gasteiger partial charge in [0.2, 0.25) is 0 Å². The summed E-state index contributed by atoms with van der Waals surface area (Å²) in [7, 11) is 0. The highest BCUT2D eigenvalue weighted by atomic mass is 32.2. The Bertz CT molecular complexity index is 871. The maximum atomic E-state index is 13.1. The maximum Gasteiger partial charge on any atom is 0.319 e. The summed E-state index contributed by atoms with van der Waals surface area (Å²) >= 11 is 3.03. The summed E-state index contributed by atoms with van der Waals surface area (Å²) in [6.07, 6.45) is 3.83. The quantitative estimate of drug-likeness (QED) is 0.619. The van der Waals surface area contributed by atoms with E-state index in [1.807, 2.05) is 6.92 Å². The lowest BCUT2D eigenvalue weighted by molar-refractivity contribution is -0.137. The Hall–Kier alpha value is -1.34. The van der Waals surface area contributed by atoms with Gasteiger partial charge in [-0.2, -0.15) is 0 Å². The van der Waals surface area contributed by atoms with Gasteiger partial charge in [-0.05, 0) is 37.7 Å². The summed E-state index contributed by atoms with van der Waals surface area (Å²) in [5.41, 5.74) is 1.26. The van der Waals surface area contributed by atoms with Gasteiger partial charge in [-0.25, -0.2) is 4.98 Å². The predicted octanol–water partition coefficient (Wildman–Crippen LogP) is 3.01. The molecule has 5 nitrogen and oxygen atoms in total. The van der Waals surface area contributed by atoms with Crippen molar-refractivity contribution in [3.05, 3.63) is 20.8 Å². The molecule has 4 rings (SSSR count). The van der Waals surface area contributed by atoms with Crippen molar-refractivity contribution in [3.63, 3.8) is 0 Å². The summed E-state index contributed by atoms with van der Waals surface area (Å²) < 4.78 is 6.75. The van der Waals surface area contributed by atoms with Gasteiger partial charge in [0.1, 0.15) is 10.1 Å². The summed E-state index contributed by atoms with van der Waals surface area (Å²) in [5.74, 6) is 0.470. The molecule has 0 radical (unpaired) electrons. The van der Waals surface area contributed by atoms with Crippen LogP contribution in [-0.4, -0.2) is 27.4 Å². The van der Waals surface area contributed by atoms with Gasteiger partial charge in [-0.3, -0.25) is 14.2 Å². The number of rotatable bonds is 3. The average Bonchev–Trinajstić information content (AvgIpc) is 3.10. The Labute approximate surface area is 148 Å².